The van der Waals surface area contributed by atoms with E-state index in [1.807, 2.05) is 6.92 Å². The standard InChI is InChI=1S/C26H35NO6/c1-16(2)7-6-8-17(3)10-12-32-26(5)11-9-19-22(28)13-20-21(23(19)33-26)15-27(24(20)29)14-18(4)25(30)31/h7,10,13,18,28H,6,8-9,11-12,14-15H2,1-5H3,(H,30,31)/b17-10+/t18?,26-/m1/s1. The van der Waals surface area contributed by atoms with Crippen LogP contribution in [0.3, 0.4) is 0 Å². The highest BCUT2D eigenvalue weighted by molar-refractivity contribution is 6.00. The number of aliphatic carboxylic acids is 1. The molecule has 33 heavy (non-hydrogen) atoms. The lowest BCUT2D eigenvalue weighted by Crippen LogP contribution is -2.40. The molecule has 0 aromatic heterocycles. The van der Waals surface area contributed by atoms with Crippen molar-refractivity contribution in [2.45, 2.75) is 72.6 Å². The van der Waals surface area contributed by atoms with Crippen LogP contribution in [0.4, 0.5) is 0 Å². The van der Waals surface area contributed by atoms with Crippen LogP contribution >= 0.6 is 0 Å². The number of ether oxygens (including phenoxy) is 2. The van der Waals surface area contributed by atoms with Gasteiger partial charge in [0.25, 0.3) is 5.91 Å². The number of nitrogens with zero attached hydrogens (tertiary/aromatic N) is 1. The number of amides is 1. The Morgan fingerprint density at radius 2 is 2.03 bits per heavy atom. The summed E-state index contributed by atoms with van der Waals surface area (Å²) in [7, 11) is 0. The molecule has 1 aromatic carbocycles. The largest absolute Gasteiger partial charge is 0.508 e. The Morgan fingerprint density at radius 1 is 1.30 bits per heavy atom. The summed E-state index contributed by atoms with van der Waals surface area (Å²) < 4.78 is 12.4. The molecule has 1 aromatic rings. The van der Waals surface area contributed by atoms with Gasteiger partial charge in [-0.1, -0.05) is 30.2 Å². The van der Waals surface area contributed by atoms with Crippen LogP contribution < -0.4 is 4.74 Å². The van der Waals surface area contributed by atoms with E-state index < -0.39 is 17.7 Å². The summed E-state index contributed by atoms with van der Waals surface area (Å²) in [6.07, 6.45) is 7.40. The number of benzene rings is 1. The molecule has 180 valence electrons. The highest BCUT2D eigenvalue weighted by Crippen LogP contribution is 2.45. The zero-order valence-corrected chi connectivity index (χ0v) is 20.2. The second-order valence-electron chi connectivity index (χ2n) is 9.57. The molecule has 3 rings (SSSR count). The van der Waals surface area contributed by atoms with Gasteiger partial charge in [-0.2, -0.15) is 0 Å². The number of carbonyl (C=O) groups excluding carboxylic acids is 1. The first kappa shape index (κ1) is 24.8. The Morgan fingerprint density at radius 3 is 2.70 bits per heavy atom. The van der Waals surface area contributed by atoms with E-state index in [2.05, 4.69) is 32.9 Å². The third kappa shape index (κ3) is 5.77. The van der Waals surface area contributed by atoms with Gasteiger partial charge in [0.2, 0.25) is 5.79 Å². The van der Waals surface area contributed by atoms with Crippen molar-refractivity contribution in [3.05, 3.63) is 46.1 Å². The van der Waals surface area contributed by atoms with Crippen molar-refractivity contribution in [1.29, 1.82) is 0 Å². The number of hydrogen-bond donors (Lipinski definition) is 2. The van der Waals surface area contributed by atoms with E-state index in [4.69, 9.17) is 9.47 Å². The SMILES string of the molecule is CC(C)=CCC/C(C)=C/CO[C@@]1(C)CCc2c(O)cc3c(c2O1)CN(CC(C)C(=O)O)C3=O. The van der Waals surface area contributed by atoms with Crippen molar-refractivity contribution >= 4 is 11.9 Å². The maximum atomic E-state index is 12.9. The van der Waals surface area contributed by atoms with Gasteiger partial charge in [0.1, 0.15) is 11.5 Å². The molecule has 2 atom stereocenters. The van der Waals surface area contributed by atoms with E-state index in [1.165, 1.54) is 22.1 Å². The summed E-state index contributed by atoms with van der Waals surface area (Å²) in [6, 6.07) is 1.48. The van der Waals surface area contributed by atoms with Crippen LogP contribution in [0.15, 0.2) is 29.4 Å². The molecule has 0 radical (unpaired) electrons. The summed E-state index contributed by atoms with van der Waals surface area (Å²) in [6.45, 7) is 10.5. The minimum Gasteiger partial charge on any atom is -0.508 e. The van der Waals surface area contributed by atoms with Crippen LogP contribution in [0.2, 0.25) is 0 Å². The minimum atomic E-state index is -0.954. The number of allylic oxidation sites excluding steroid dienone is 3. The van der Waals surface area contributed by atoms with Crippen LogP contribution in [0.5, 0.6) is 11.5 Å². The molecule has 2 aliphatic heterocycles. The Balaban J connectivity index is 1.73. The van der Waals surface area contributed by atoms with Crippen LogP contribution in [-0.4, -0.2) is 45.9 Å². The monoisotopic (exact) mass is 457 g/mol. The molecule has 0 saturated carbocycles. The summed E-state index contributed by atoms with van der Waals surface area (Å²) in [5, 5.41) is 19.8. The van der Waals surface area contributed by atoms with E-state index in [1.54, 1.807) is 6.92 Å². The Labute approximate surface area is 195 Å². The van der Waals surface area contributed by atoms with Gasteiger partial charge >= 0.3 is 5.97 Å². The van der Waals surface area contributed by atoms with Gasteiger partial charge in [0, 0.05) is 31.0 Å². The lowest BCUT2D eigenvalue weighted by atomic mass is 9.94. The normalized spacial score (nSPS) is 20.7. The van der Waals surface area contributed by atoms with Crippen molar-refractivity contribution in [3.8, 4) is 11.5 Å². The Kier molecular flexibility index (Phi) is 7.52. The van der Waals surface area contributed by atoms with E-state index in [0.717, 1.165) is 12.8 Å². The van der Waals surface area contributed by atoms with Gasteiger partial charge in [-0.05, 0) is 46.1 Å². The zero-order valence-electron chi connectivity index (χ0n) is 20.2. The van der Waals surface area contributed by atoms with Gasteiger partial charge < -0.3 is 24.6 Å². The molecule has 0 saturated heterocycles. The fourth-order valence-electron chi connectivity index (χ4n) is 4.20. The molecule has 0 aliphatic carbocycles. The first-order valence-corrected chi connectivity index (χ1v) is 11.5. The number of phenolic OH excluding ortho intramolecular Hbond substituents is 1. The quantitative estimate of drug-likeness (QED) is 0.516. The topological polar surface area (TPSA) is 96.3 Å². The average molecular weight is 458 g/mol. The number of carboxylic acids is 1. The van der Waals surface area contributed by atoms with E-state index in [9.17, 15) is 19.8 Å². The molecular formula is C26H35NO6. The van der Waals surface area contributed by atoms with Crippen molar-refractivity contribution < 1.29 is 29.3 Å². The number of fused-ring (bicyclic) bond motifs is 3. The van der Waals surface area contributed by atoms with E-state index in [-0.39, 0.29) is 24.7 Å². The van der Waals surface area contributed by atoms with Crippen LogP contribution in [0.25, 0.3) is 0 Å². The lowest BCUT2D eigenvalue weighted by Gasteiger charge is -2.36. The third-order valence-electron chi connectivity index (χ3n) is 6.30. The lowest BCUT2D eigenvalue weighted by molar-refractivity contribution is -0.173. The number of carboxylic acid groups (broad SMARTS) is 1. The Bertz CT molecular complexity index is 991. The van der Waals surface area contributed by atoms with Crippen molar-refractivity contribution in [1.82, 2.24) is 4.90 Å². The van der Waals surface area contributed by atoms with Crippen molar-refractivity contribution in [2.75, 3.05) is 13.2 Å². The molecule has 0 spiro atoms. The maximum Gasteiger partial charge on any atom is 0.308 e. The van der Waals surface area contributed by atoms with Crippen LogP contribution in [0.1, 0.15) is 75.4 Å². The number of rotatable bonds is 9. The van der Waals surface area contributed by atoms with Gasteiger partial charge in [0.05, 0.1) is 24.6 Å². The molecule has 1 amide bonds. The minimum absolute atomic E-state index is 0.0299. The fraction of sp³-hybridized carbons (Fsp3) is 0.538. The molecule has 7 heteroatoms. The van der Waals surface area contributed by atoms with Crippen LogP contribution in [0, 0.1) is 5.92 Å². The van der Waals surface area contributed by atoms with Crippen LogP contribution in [-0.2, 0) is 22.5 Å². The fourth-order valence-corrected chi connectivity index (χ4v) is 4.20. The summed E-state index contributed by atoms with van der Waals surface area (Å²) in [4.78, 5) is 25.6. The molecule has 2 N–H and O–H groups in total. The highest BCUT2D eigenvalue weighted by Gasteiger charge is 2.40. The van der Waals surface area contributed by atoms with Gasteiger partial charge in [-0.25, -0.2) is 0 Å². The molecule has 7 nitrogen and oxygen atoms in total. The number of phenols is 1. The van der Waals surface area contributed by atoms with Gasteiger partial charge in [-0.15, -0.1) is 0 Å². The number of carbonyl (C=O) groups is 2. The molecule has 2 heterocycles. The Hall–Kier alpha value is -2.80. The first-order valence-electron chi connectivity index (χ1n) is 11.5. The molecule has 0 fully saturated rings. The molecular weight excluding hydrogens is 422 g/mol. The van der Waals surface area contributed by atoms with Gasteiger partial charge in [-0.3, -0.25) is 9.59 Å². The number of aromatic hydroxyl groups is 1. The summed E-state index contributed by atoms with van der Waals surface area (Å²) >= 11 is 0. The molecule has 1 unspecified atom stereocenters. The smallest absolute Gasteiger partial charge is 0.308 e. The first-order chi connectivity index (χ1) is 15.5. The molecule has 0 bridgehead atoms. The molecule has 2 aliphatic rings. The predicted molar refractivity (Wildman–Crippen MR) is 125 cm³/mol. The average Bonchev–Trinajstić information content (AvgIpc) is 3.03. The van der Waals surface area contributed by atoms with E-state index in [0.29, 0.717) is 41.9 Å². The van der Waals surface area contributed by atoms with Gasteiger partial charge in [0.15, 0.2) is 0 Å². The number of hydrogen-bond acceptors (Lipinski definition) is 5. The second-order valence-corrected chi connectivity index (χ2v) is 9.57. The highest BCUT2D eigenvalue weighted by atomic mass is 16.7. The zero-order chi connectivity index (χ0) is 24.3. The summed E-state index contributed by atoms with van der Waals surface area (Å²) in [5.74, 6) is -2.29. The third-order valence-corrected chi connectivity index (χ3v) is 6.30. The predicted octanol–water partition coefficient (Wildman–Crippen LogP) is 4.82. The van der Waals surface area contributed by atoms with Crippen molar-refractivity contribution in [2.24, 2.45) is 5.92 Å². The van der Waals surface area contributed by atoms with Crippen molar-refractivity contribution in [3.63, 3.8) is 0 Å². The summed E-state index contributed by atoms with van der Waals surface area (Å²) in [5.41, 5.74) is 4.28. The van der Waals surface area contributed by atoms with E-state index >= 15 is 0 Å². The maximum absolute atomic E-state index is 12.9. The second kappa shape index (κ2) is 10.00.